The van der Waals surface area contributed by atoms with Gasteiger partial charge in [0.2, 0.25) is 5.91 Å². The maximum atomic E-state index is 11.9. The number of amides is 1. The largest absolute Gasteiger partial charge is 0.342 e. The molecule has 0 aliphatic rings. The number of nitriles is 1. The van der Waals surface area contributed by atoms with Crippen molar-refractivity contribution < 1.29 is 4.79 Å². The van der Waals surface area contributed by atoms with Crippen LogP contribution < -0.4 is 5.32 Å². The van der Waals surface area contributed by atoms with Crippen molar-refractivity contribution in [1.29, 1.82) is 5.26 Å². The fourth-order valence-electron chi connectivity index (χ4n) is 3.00. The number of carbonyl (C=O) groups is 1. The van der Waals surface area contributed by atoms with Crippen LogP contribution in [0.15, 0.2) is 53.7 Å². The van der Waals surface area contributed by atoms with E-state index in [1.807, 2.05) is 41.8 Å². The molecule has 1 N–H and O–H groups in total. The number of rotatable bonds is 9. The number of unbranched alkanes of at least 4 members (excludes halogenated alkanes) is 1. The molecule has 3 aromatic rings. The molecule has 1 heterocycles. The first-order valence-corrected chi connectivity index (χ1v) is 11.0. The summed E-state index contributed by atoms with van der Waals surface area (Å²) in [6, 6.07) is 18.5. The summed E-state index contributed by atoms with van der Waals surface area (Å²) in [5.41, 5.74) is 4.39. The zero-order valence-electron chi connectivity index (χ0n) is 17.3. The van der Waals surface area contributed by atoms with Crippen molar-refractivity contribution >= 4 is 17.7 Å². The van der Waals surface area contributed by atoms with Gasteiger partial charge in [-0.2, -0.15) is 5.26 Å². The lowest BCUT2D eigenvalue weighted by molar-refractivity contribution is -0.118. The minimum Gasteiger partial charge on any atom is -0.342 e. The van der Waals surface area contributed by atoms with Crippen molar-refractivity contribution in [3.63, 3.8) is 0 Å². The minimum atomic E-state index is -0.206. The highest BCUT2D eigenvalue weighted by atomic mass is 32.2. The van der Waals surface area contributed by atoms with Gasteiger partial charge in [0.15, 0.2) is 11.0 Å². The second-order valence-corrected chi connectivity index (χ2v) is 7.94. The summed E-state index contributed by atoms with van der Waals surface area (Å²) in [5.74, 6) is 0.696. The van der Waals surface area contributed by atoms with E-state index < -0.39 is 0 Å². The van der Waals surface area contributed by atoms with Crippen molar-refractivity contribution in [2.24, 2.45) is 0 Å². The Morgan fingerprint density at radius 1 is 1.13 bits per heavy atom. The van der Waals surface area contributed by atoms with Crippen molar-refractivity contribution in [3.8, 4) is 23.1 Å². The summed E-state index contributed by atoms with van der Waals surface area (Å²) in [7, 11) is 0. The summed E-state index contributed by atoms with van der Waals surface area (Å²) < 4.78 is 1.98. The zero-order chi connectivity index (χ0) is 21.3. The first-order chi connectivity index (χ1) is 14.6. The topological polar surface area (TPSA) is 83.6 Å². The molecule has 0 bridgehead atoms. The summed E-state index contributed by atoms with van der Waals surface area (Å²) in [6.07, 6.45) is 3.39. The fraction of sp³-hybridized carbons (Fsp3) is 0.304. The van der Waals surface area contributed by atoms with E-state index in [0.29, 0.717) is 5.16 Å². The summed E-state index contributed by atoms with van der Waals surface area (Å²) in [6.45, 7) is 4.24. The Bertz CT molecular complexity index is 1020. The number of aryl methyl sites for hydroxylation is 2. The van der Waals surface area contributed by atoms with Gasteiger partial charge in [-0.05, 0) is 37.5 Å². The number of hydrogen-bond donors (Lipinski definition) is 1. The van der Waals surface area contributed by atoms with Crippen LogP contribution in [0, 0.1) is 18.3 Å². The normalized spacial score (nSPS) is 10.6. The molecule has 0 saturated heterocycles. The zero-order valence-corrected chi connectivity index (χ0v) is 18.1. The van der Waals surface area contributed by atoms with Crippen molar-refractivity contribution in [2.45, 2.75) is 38.3 Å². The van der Waals surface area contributed by atoms with Gasteiger partial charge in [0, 0.05) is 11.3 Å². The number of carbonyl (C=O) groups excluding carboxylic acids is 1. The number of nitrogens with one attached hydrogen (secondary N) is 1. The minimum absolute atomic E-state index is 0.0000770. The molecule has 0 saturated carbocycles. The van der Waals surface area contributed by atoms with Gasteiger partial charge in [0.25, 0.3) is 0 Å². The maximum Gasteiger partial charge on any atom is 0.231 e. The molecular formula is C23H25N5OS. The van der Waals surface area contributed by atoms with Crippen LogP contribution in [-0.2, 0) is 11.2 Å². The molecule has 1 aromatic heterocycles. The van der Waals surface area contributed by atoms with Gasteiger partial charge >= 0.3 is 0 Å². The number of nitrogens with zero attached hydrogens (tertiary/aromatic N) is 4. The van der Waals surface area contributed by atoms with Gasteiger partial charge in [-0.15, -0.1) is 10.2 Å². The molecule has 3 rings (SSSR count). The van der Waals surface area contributed by atoms with Crippen LogP contribution in [0.5, 0.6) is 0 Å². The molecule has 0 aliphatic carbocycles. The number of aromatic nitrogens is 3. The Morgan fingerprint density at radius 3 is 2.53 bits per heavy atom. The highest BCUT2D eigenvalue weighted by Crippen LogP contribution is 2.28. The maximum absolute atomic E-state index is 11.9. The second kappa shape index (κ2) is 10.6. The quantitative estimate of drug-likeness (QED) is 0.413. The third-order valence-corrected chi connectivity index (χ3v) is 5.58. The lowest BCUT2D eigenvalue weighted by atomic mass is 10.1. The molecule has 0 atom stereocenters. The van der Waals surface area contributed by atoms with Crippen LogP contribution in [0.2, 0.25) is 0 Å². The van der Waals surface area contributed by atoms with Gasteiger partial charge < -0.3 is 5.32 Å². The van der Waals surface area contributed by atoms with E-state index in [4.69, 9.17) is 5.26 Å². The van der Waals surface area contributed by atoms with E-state index in [-0.39, 0.29) is 18.2 Å². The van der Waals surface area contributed by atoms with Crippen molar-refractivity contribution in [1.82, 2.24) is 20.1 Å². The number of benzene rings is 2. The monoisotopic (exact) mass is 419 g/mol. The first-order valence-electron chi connectivity index (χ1n) is 10.0. The van der Waals surface area contributed by atoms with Crippen LogP contribution in [0.1, 0.15) is 30.9 Å². The van der Waals surface area contributed by atoms with E-state index in [2.05, 4.69) is 46.7 Å². The average Bonchev–Trinajstić information content (AvgIpc) is 3.19. The van der Waals surface area contributed by atoms with Crippen LogP contribution >= 0.6 is 11.8 Å². The third kappa shape index (κ3) is 5.49. The Kier molecular flexibility index (Phi) is 7.63. The molecule has 2 aromatic carbocycles. The molecule has 0 unspecified atom stereocenters. The molecule has 30 heavy (non-hydrogen) atoms. The summed E-state index contributed by atoms with van der Waals surface area (Å²) in [4.78, 5) is 11.9. The smallest absolute Gasteiger partial charge is 0.231 e. The fourth-order valence-corrected chi connectivity index (χ4v) is 3.78. The third-order valence-electron chi connectivity index (χ3n) is 4.65. The number of hydrogen-bond acceptors (Lipinski definition) is 5. The molecule has 0 fully saturated rings. The van der Waals surface area contributed by atoms with Gasteiger partial charge in [0.1, 0.15) is 6.54 Å². The van der Waals surface area contributed by atoms with E-state index in [1.165, 1.54) is 35.7 Å². The Hall–Kier alpha value is -3.11. The van der Waals surface area contributed by atoms with Crippen molar-refractivity contribution in [3.05, 3.63) is 59.7 Å². The molecule has 154 valence electrons. The molecule has 6 nitrogen and oxygen atoms in total. The van der Waals surface area contributed by atoms with Gasteiger partial charge in [-0.1, -0.05) is 67.1 Å². The second-order valence-electron chi connectivity index (χ2n) is 7.00. The number of thioether (sulfide) groups is 1. The van der Waals surface area contributed by atoms with Crippen molar-refractivity contribution in [2.75, 3.05) is 12.3 Å². The molecule has 1 amide bonds. The molecule has 0 aliphatic heterocycles. The summed E-state index contributed by atoms with van der Waals surface area (Å²) >= 11 is 1.31. The Labute approximate surface area is 181 Å². The van der Waals surface area contributed by atoms with Crippen LogP contribution in [-0.4, -0.2) is 33.0 Å². The Balaban J connectivity index is 1.92. The van der Waals surface area contributed by atoms with Gasteiger partial charge in [-0.25, -0.2) is 0 Å². The highest BCUT2D eigenvalue weighted by molar-refractivity contribution is 7.99. The first kappa shape index (κ1) is 21.6. The standard InChI is InChI=1S/C23H25N5OS/c1-3-4-5-18-8-12-20(13-9-18)28-22(19-10-6-17(2)7-11-19)26-27-23(28)30-16-21(29)25-15-14-24/h6-13H,3-5,15-16H2,1-2H3,(H,25,29). The lowest BCUT2D eigenvalue weighted by Gasteiger charge is -2.11. The average molecular weight is 420 g/mol. The lowest BCUT2D eigenvalue weighted by Crippen LogP contribution is -2.25. The SMILES string of the molecule is CCCCc1ccc(-n2c(SCC(=O)NCC#N)nnc2-c2ccc(C)cc2)cc1. The van der Waals surface area contributed by atoms with Crippen LogP contribution in [0.25, 0.3) is 17.1 Å². The molecule has 0 radical (unpaired) electrons. The summed E-state index contributed by atoms with van der Waals surface area (Å²) in [5, 5.41) is 20.6. The van der Waals surface area contributed by atoms with E-state index in [0.717, 1.165) is 23.5 Å². The molecular weight excluding hydrogens is 394 g/mol. The van der Waals surface area contributed by atoms with E-state index in [9.17, 15) is 4.79 Å². The predicted molar refractivity (Wildman–Crippen MR) is 119 cm³/mol. The van der Waals surface area contributed by atoms with E-state index in [1.54, 1.807) is 0 Å². The molecule has 7 heteroatoms. The highest BCUT2D eigenvalue weighted by Gasteiger charge is 2.17. The van der Waals surface area contributed by atoms with Gasteiger partial charge in [-0.3, -0.25) is 9.36 Å². The predicted octanol–water partition coefficient (Wildman–Crippen LogP) is 4.32. The van der Waals surface area contributed by atoms with Gasteiger partial charge in [0.05, 0.1) is 11.8 Å². The Morgan fingerprint density at radius 2 is 1.87 bits per heavy atom. The van der Waals surface area contributed by atoms with Crippen LogP contribution in [0.4, 0.5) is 0 Å². The van der Waals surface area contributed by atoms with Crippen LogP contribution in [0.3, 0.4) is 0 Å². The molecule has 0 spiro atoms. The van der Waals surface area contributed by atoms with E-state index >= 15 is 0 Å².